The van der Waals surface area contributed by atoms with Crippen molar-refractivity contribution in [2.45, 2.75) is 32.9 Å². The van der Waals surface area contributed by atoms with Gasteiger partial charge in [0.15, 0.2) is 11.5 Å². The van der Waals surface area contributed by atoms with E-state index in [2.05, 4.69) is 5.32 Å². The summed E-state index contributed by atoms with van der Waals surface area (Å²) in [6.45, 7) is 5.79. The SMILES string of the molecule is Cc1ccc(C)c(N([C@@H](C)C(=O)NC[C@@H]2COc3ccccc3O2)S(C)(=O)=O)c1. The molecule has 2 atom stereocenters. The van der Waals surface area contributed by atoms with Gasteiger partial charge >= 0.3 is 0 Å². The Hall–Kier alpha value is -2.74. The lowest BCUT2D eigenvalue weighted by atomic mass is 10.1. The third kappa shape index (κ3) is 4.82. The number of hydrogen-bond donors (Lipinski definition) is 1. The van der Waals surface area contributed by atoms with Gasteiger partial charge in [-0.3, -0.25) is 9.10 Å². The molecule has 3 rings (SSSR count). The summed E-state index contributed by atoms with van der Waals surface area (Å²) in [7, 11) is -3.67. The number of carbonyl (C=O) groups excluding carboxylic acids is 1. The van der Waals surface area contributed by atoms with Gasteiger partial charge in [0.25, 0.3) is 0 Å². The van der Waals surface area contributed by atoms with Crippen molar-refractivity contribution >= 4 is 21.6 Å². The first kappa shape index (κ1) is 21.0. The van der Waals surface area contributed by atoms with Crippen LogP contribution in [-0.2, 0) is 14.8 Å². The Balaban J connectivity index is 1.71. The van der Waals surface area contributed by atoms with E-state index in [1.807, 2.05) is 44.2 Å². The lowest BCUT2D eigenvalue weighted by Crippen LogP contribution is -2.50. The van der Waals surface area contributed by atoms with Crippen LogP contribution in [0.2, 0.25) is 0 Å². The molecular formula is C21H26N2O5S. The molecule has 7 nitrogen and oxygen atoms in total. The highest BCUT2D eigenvalue weighted by Gasteiger charge is 2.31. The number of para-hydroxylation sites is 2. The molecule has 0 aliphatic carbocycles. The topological polar surface area (TPSA) is 84.9 Å². The molecular weight excluding hydrogens is 392 g/mol. The number of hydrogen-bond acceptors (Lipinski definition) is 5. The van der Waals surface area contributed by atoms with Crippen LogP contribution < -0.4 is 19.1 Å². The Bertz CT molecular complexity index is 1010. The van der Waals surface area contributed by atoms with E-state index < -0.39 is 22.0 Å². The van der Waals surface area contributed by atoms with Crippen molar-refractivity contribution in [2.75, 3.05) is 23.7 Å². The van der Waals surface area contributed by atoms with E-state index in [9.17, 15) is 13.2 Å². The zero-order valence-corrected chi connectivity index (χ0v) is 17.8. The smallest absolute Gasteiger partial charge is 0.243 e. The Morgan fingerprint density at radius 3 is 2.59 bits per heavy atom. The zero-order chi connectivity index (χ0) is 21.2. The molecule has 2 aromatic rings. The van der Waals surface area contributed by atoms with Crippen LogP contribution in [0.1, 0.15) is 18.1 Å². The fourth-order valence-electron chi connectivity index (χ4n) is 3.26. The molecule has 8 heteroatoms. The van der Waals surface area contributed by atoms with Crippen LogP contribution in [-0.4, -0.2) is 45.9 Å². The number of rotatable bonds is 6. The van der Waals surface area contributed by atoms with E-state index in [1.165, 1.54) is 0 Å². The normalized spacial score (nSPS) is 16.8. The van der Waals surface area contributed by atoms with Gasteiger partial charge in [0.05, 0.1) is 18.5 Å². The van der Waals surface area contributed by atoms with E-state index in [-0.39, 0.29) is 12.6 Å². The van der Waals surface area contributed by atoms with Gasteiger partial charge in [-0.15, -0.1) is 0 Å². The molecule has 1 amide bonds. The second-order valence-corrected chi connectivity index (χ2v) is 9.13. The van der Waals surface area contributed by atoms with Crippen molar-refractivity contribution < 1.29 is 22.7 Å². The predicted octanol–water partition coefficient (Wildman–Crippen LogP) is 2.41. The second-order valence-electron chi connectivity index (χ2n) is 7.27. The minimum Gasteiger partial charge on any atom is -0.486 e. The van der Waals surface area contributed by atoms with Gasteiger partial charge < -0.3 is 14.8 Å². The standard InChI is InChI=1S/C21H26N2O5S/c1-14-9-10-15(2)18(11-14)23(29(4,25)26)16(3)21(24)22-12-17-13-27-19-7-5-6-8-20(19)28-17/h5-11,16-17H,12-13H2,1-4H3,(H,22,24)/t16-,17+/m0/s1. The number of benzene rings is 2. The molecule has 0 saturated heterocycles. The first-order chi connectivity index (χ1) is 13.7. The van der Waals surface area contributed by atoms with Gasteiger partial charge in [-0.2, -0.15) is 0 Å². The van der Waals surface area contributed by atoms with Crippen LogP contribution in [0, 0.1) is 13.8 Å². The molecule has 2 aromatic carbocycles. The van der Waals surface area contributed by atoms with Gasteiger partial charge in [0.2, 0.25) is 15.9 Å². The van der Waals surface area contributed by atoms with E-state index in [0.717, 1.165) is 21.7 Å². The summed E-state index contributed by atoms with van der Waals surface area (Å²) in [6, 6.07) is 11.9. The summed E-state index contributed by atoms with van der Waals surface area (Å²) < 4.78 is 37.6. The maximum Gasteiger partial charge on any atom is 0.243 e. The largest absolute Gasteiger partial charge is 0.486 e. The van der Waals surface area contributed by atoms with Crippen LogP contribution in [0.5, 0.6) is 11.5 Å². The van der Waals surface area contributed by atoms with Crippen molar-refractivity contribution in [3.63, 3.8) is 0 Å². The van der Waals surface area contributed by atoms with E-state index in [4.69, 9.17) is 9.47 Å². The Morgan fingerprint density at radius 1 is 1.21 bits per heavy atom. The number of sulfonamides is 1. The number of anilines is 1. The fraction of sp³-hybridized carbons (Fsp3) is 0.381. The Morgan fingerprint density at radius 2 is 1.90 bits per heavy atom. The second kappa shape index (κ2) is 8.32. The number of nitrogens with zero attached hydrogens (tertiary/aromatic N) is 1. The van der Waals surface area contributed by atoms with Crippen molar-refractivity contribution in [2.24, 2.45) is 0 Å². The molecule has 156 valence electrons. The monoisotopic (exact) mass is 418 g/mol. The van der Waals surface area contributed by atoms with Crippen LogP contribution >= 0.6 is 0 Å². The molecule has 1 heterocycles. The molecule has 0 aromatic heterocycles. The average Bonchev–Trinajstić information content (AvgIpc) is 2.67. The maximum absolute atomic E-state index is 12.8. The molecule has 0 bridgehead atoms. The summed E-state index contributed by atoms with van der Waals surface area (Å²) in [5, 5.41) is 2.79. The maximum atomic E-state index is 12.8. The molecule has 29 heavy (non-hydrogen) atoms. The molecule has 0 fully saturated rings. The Labute approximate surface area is 171 Å². The highest BCUT2D eigenvalue weighted by Crippen LogP contribution is 2.31. The van der Waals surface area contributed by atoms with E-state index >= 15 is 0 Å². The molecule has 0 spiro atoms. The van der Waals surface area contributed by atoms with Gasteiger partial charge in [-0.25, -0.2) is 8.42 Å². The summed E-state index contributed by atoms with van der Waals surface area (Å²) in [6.07, 6.45) is 0.751. The third-order valence-corrected chi connectivity index (χ3v) is 5.99. The van der Waals surface area contributed by atoms with Crippen molar-refractivity contribution in [3.05, 3.63) is 53.6 Å². The van der Waals surface area contributed by atoms with Crippen molar-refractivity contribution in [1.82, 2.24) is 5.32 Å². The van der Waals surface area contributed by atoms with Crippen LogP contribution in [0.15, 0.2) is 42.5 Å². The average molecular weight is 419 g/mol. The molecule has 0 radical (unpaired) electrons. The van der Waals surface area contributed by atoms with Crippen LogP contribution in [0.3, 0.4) is 0 Å². The molecule has 0 unspecified atom stereocenters. The lowest BCUT2D eigenvalue weighted by molar-refractivity contribution is -0.122. The summed E-state index contributed by atoms with van der Waals surface area (Å²) in [5.74, 6) is 0.889. The van der Waals surface area contributed by atoms with Crippen molar-refractivity contribution in [1.29, 1.82) is 0 Å². The minimum atomic E-state index is -3.67. The minimum absolute atomic E-state index is 0.210. The number of fused-ring (bicyclic) bond motifs is 1. The summed E-state index contributed by atoms with van der Waals surface area (Å²) in [5.41, 5.74) is 2.20. The molecule has 0 saturated carbocycles. The van der Waals surface area contributed by atoms with Gasteiger partial charge in [-0.1, -0.05) is 24.3 Å². The predicted molar refractivity (Wildman–Crippen MR) is 112 cm³/mol. The first-order valence-electron chi connectivity index (χ1n) is 9.39. The van der Waals surface area contributed by atoms with Gasteiger partial charge in [0, 0.05) is 0 Å². The Kier molecular flexibility index (Phi) is 6.02. The van der Waals surface area contributed by atoms with E-state index in [1.54, 1.807) is 19.1 Å². The first-order valence-corrected chi connectivity index (χ1v) is 11.2. The quantitative estimate of drug-likeness (QED) is 0.779. The van der Waals surface area contributed by atoms with E-state index in [0.29, 0.717) is 23.8 Å². The highest BCUT2D eigenvalue weighted by molar-refractivity contribution is 7.92. The number of aryl methyl sites for hydroxylation is 2. The van der Waals surface area contributed by atoms with Crippen LogP contribution in [0.25, 0.3) is 0 Å². The molecule has 1 aliphatic rings. The fourth-order valence-corrected chi connectivity index (χ4v) is 4.49. The number of ether oxygens (including phenoxy) is 2. The lowest BCUT2D eigenvalue weighted by Gasteiger charge is -2.31. The molecule has 1 aliphatic heterocycles. The third-order valence-electron chi connectivity index (χ3n) is 4.76. The van der Waals surface area contributed by atoms with Crippen molar-refractivity contribution in [3.8, 4) is 11.5 Å². The van der Waals surface area contributed by atoms with Gasteiger partial charge in [-0.05, 0) is 50.1 Å². The summed E-state index contributed by atoms with van der Waals surface area (Å²) in [4.78, 5) is 12.8. The number of carbonyl (C=O) groups is 1. The van der Waals surface area contributed by atoms with Gasteiger partial charge in [0.1, 0.15) is 18.8 Å². The molecule has 1 N–H and O–H groups in total. The number of amides is 1. The highest BCUT2D eigenvalue weighted by atomic mass is 32.2. The zero-order valence-electron chi connectivity index (χ0n) is 17.0. The number of nitrogens with one attached hydrogen (secondary N) is 1. The van der Waals surface area contributed by atoms with Crippen LogP contribution in [0.4, 0.5) is 5.69 Å². The summed E-state index contributed by atoms with van der Waals surface area (Å²) >= 11 is 0.